The van der Waals surface area contributed by atoms with Crippen molar-refractivity contribution in [1.29, 1.82) is 0 Å². The van der Waals surface area contributed by atoms with Crippen molar-refractivity contribution in [3.05, 3.63) is 35.2 Å². The molecule has 0 atom stereocenters. The Morgan fingerprint density at radius 3 is 2.33 bits per heavy atom. The highest BCUT2D eigenvalue weighted by atomic mass is 19.4. The van der Waals surface area contributed by atoms with Crippen LogP contribution in [0.1, 0.15) is 31.9 Å². The molecule has 0 unspecified atom stereocenters. The Kier molecular flexibility index (Phi) is 2.68. The molecule has 18 heavy (non-hydrogen) atoms. The molecular formula is C13H13F4N. The number of halogens is 4. The van der Waals surface area contributed by atoms with Gasteiger partial charge in [0.15, 0.2) is 5.82 Å². The van der Waals surface area contributed by atoms with Crippen LogP contribution in [0.3, 0.4) is 0 Å². The van der Waals surface area contributed by atoms with Crippen LogP contribution in [0, 0.1) is 5.82 Å². The molecule has 1 aromatic rings. The second kappa shape index (κ2) is 3.73. The Bertz CT molecular complexity index is 527. The molecule has 1 aliphatic rings. The number of allylic oxidation sites excluding steroid dienone is 1. The van der Waals surface area contributed by atoms with E-state index in [4.69, 9.17) is 0 Å². The van der Waals surface area contributed by atoms with Crippen LogP contribution < -0.4 is 5.32 Å². The zero-order valence-corrected chi connectivity index (χ0v) is 10.2. The maximum atomic E-state index is 14.0. The Labute approximate surface area is 103 Å². The van der Waals surface area contributed by atoms with Crippen molar-refractivity contribution in [2.75, 3.05) is 5.32 Å². The van der Waals surface area contributed by atoms with Crippen LogP contribution in [0.5, 0.6) is 0 Å². The lowest BCUT2D eigenvalue weighted by Gasteiger charge is -2.32. The number of alkyl halides is 3. The third-order valence-electron chi connectivity index (χ3n) is 2.90. The summed E-state index contributed by atoms with van der Waals surface area (Å²) in [6.07, 6.45) is -2.82. The molecular weight excluding hydrogens is 246 g/mol. The summed E-state index contributed by atoms with van der Waals surface area (Å²) in [4.78, 5) is 0. The molecule has 5 heteroatoms. The summed E-state index contributed by atoms with van der Waals surface area (Å²) in [5.74, 6) is -1.24. The third-order valence-corrected chi connectivity index (χ3v) is 2.90. The van der Waals surface area contributed by atoms with E-state index < -0.39 is 23.1 Å². The molecule has 0 bridgehead atoms. The fourth-order valence-corrected chi connectivity index (χ4v) is 2.22. The monoisotopic (exact) mass is 259 g/mol. The summed E-state index contributed by atoms with van der Waals surface area (Å²) in [6, 6.07) is 2.08. The number of benzene rings is 1. The first-order chi connectivity index (χ1) is 8.12. The van der Waals surface area contributed by atoms with Crippen molar-refractivity contribution in [3.8, 4) is 0 Å². The van der Waals surface area contributed by atoms with E-state index in [-0.39, 0.29) is 5.69 Å². The van der Waals surface area contributed by atoms with Crippen molar-refractivity contribution in [2.45, 2.75) is 32.5 Å². The smallest absolute Gasteiger partial charge is 0.374 e. The zero-order valence-electron chi connectivity index (χ0n) is 10.2. The average Bonchev–Trinajstić information content (AvgIpc) is 2.16. The van der Waals surface area contributed by atoms with Crippen molar-refractivity contribution in [1.82, 2.24) is 0 Å². The number of anilines is 1. The molecule has 1 aliphatic heterocycles. The first-order valence-electron chi connectivity index (χ1n) is 5.49. The van der Waals surface area contributed by atoms with Gasteiger partial charge in [0.05, 0.1) is 16.8 Å². The lowest BCUT2D eigenvalue weighted by molar-refractivity contribution is -0.139. The van der Waals surface area contributed by atoms with Crippen LogP contribution in [0.4, 0.5) is 23.2 Å². The van der Waals surface area contributed by atoms with Gasteiger partial charge in [-0.3, -0.25) is 0 Å². The molecule has 1 aromatic carbocycles. The van der Waals surface area contributed by atoms with E-state index in [1.165, 1.54) is 6.07 Å². The van der Waals surface area contributed by atoms with E-state index >= 15 is 0 Å². The minimum atomic E-state index is -4.68. The van der Waals surface area contributed by atoms with Crippen LogP contribution in [-0.4, -0.2) is 5.54 Å². The van der Waals surface area contributed by atoms with Crippen LogP contribution in [-0.2, 0) is 6.18 Å². The largest absolute Gasteiger partial charge is 0.419 e. The maximum Gasteiger partial charge on any atom is 0.419 e. The minimum absolute atomic E-state index is 0.0742. The third kappa shape index (κ3) is 2.09. The van der Waals surface area contributed by atoms with Gasteiger partial charge in [-0.2, -0.15) is 13.2 Å². The molecule has 0 spiro atoms. The summed E-state index contributed by atoms with van der Waals surface area (Å²) < 4.78 is 51.8. The first kappa shape index (κ1) is 12.9. The van der Waals surface area contributed by atoms with E-state index in [1.807, 2.05) is 6.08 Å². The van der Waals surface area contributed by atoms with Gasteiger partial charge in [0.25, 0.3) is 0 Å². The van der Waals surface area contributed by atoms with Crippen molar-refractivity contribution < 1.29 is 17.6 Å². The summed E-state index contributed by atoms with van der Waals surface area (Å²) in [7, 11) is 0. The normalized spacial score (nSPS) is 17.8. The van der Waals surface area contributed by atoms with Gasteiger partial charge in [0, 0.05) is 5.56 Å². The predicted octanol–water partition coefficient (Wildman–Crippen LogP) is 4.45. The van der Waals surface area contributed by atoms with Gasteiger partial charge in [-0.05, 0) is 32.4 Å². The first-order valence-corrected chi connectivity index (χ1v) is 5.49. The van der Waals surface area contributed by atoms with Gasteiger partial charge < -0.3 is 5.32 Å². The molecule has 2 rings (SSSR count). The molecule has 0 fully saturated rings. The van der Waals surface area contributed by atoms with Gasteiger partial charge in [-0.25, -0.2) is 4.39 Å². The lowest BCUT2D eigenvalue weighted by Crippen LogP contribution is -2.32. The van der Waals surface area contributed by atoms with E-state index in [0.29, 0.717) is 5.56 Å². The summed E-state index contributed by atoms with van der Waals surface area (Å²) in [6.45, 7) is 5.31. The number of nitrogens with one attached hydrogen (secondary N) is 1. The molecule has 0 amide bonds. The second-order valence-electron chi connectivity index (χ2n) is 5.02. The molecule has 0 aliphatic carbocycles. The molecule has 1 heterocycles. The van der Waals surface area contributed by atoms with Gasteiger partial charge in [0.1, 0.15) is 0 Å². The molecule has 0 radical (unpaired) electrons. The Morgan fingerprint density at radius 2 is 1.78 bits per heavy atom. The molecule has 1 nitrogen and oxygen atoms in total. The molecule has 0 aromatic heterocycles. The van der Waals surface area contributed by atoms with Crippen molar-refractivity contribution >= 4 is 11.3 Å². The fraction of sp³-hybridized carbons (Fsp3) is 0.385. The fourth-order valence-electron chi connectivity index (χ4n) is 2.22. The predicted molar refractivity (Wildman–Crippen MR) is 62.8 cm³/mol. The lowest BCUT2D eigenvalue weighted by atomic mass is 9.90. The van der Waals surface area contributed by atoms with Crippen LogP contribution >= 0.6 is 0 Å². The Morgan fingerprint density at radius 1 is 1.17 bits per heavy atom. The van der Waals surface area contributed by atoms with Crippen LogP contribution in [0.2, 0.25) is 0 Å². The maximum absolute atomic E-state index is 14.0. The number of hydrogen-bond acceptors (Lipinski definition) is 1. The number of hydrogen-bond donors (Lipinski definition) is 1. The zero-order chi connectivity index (χ0) is 13.7. The van der Waals surface area contributed by atoms with Crippen molar-refractivity contribution in [3.63, 3.8) is 0 Å². The van der Waals surface area contributed by atoms with Crippen molar-refractivity contribution in [2.24, 2.45) is 0 Å². The van der Waals surface area contributed by atoms with Crippen LogP contribution in [0.15, 0.2) is 18.2 Å². The van der Waals surface area contributed by atoms with E-state index in [2.05, 4.69) is 5.32 Å². The SMILES string of the molecule is CC1=CC(C)(C)Nc2c1ccc(C(F)(F)F)c2F. The highest BCUT2D eigenvalue weighted by Gasteiger charge is 2.37. The number of fused-ring (bicyclic) bond motifs is 1. The van der Waals surface area contributed by atoms with Gasteiger partial charge in [-0.15, -0.1) is 0 Å². The quantitative estimate of drug-likeness (QED) is 0.679. The standard InChI is InChI=1S/C13H13F4N/c1-7-6-12(2,3)18-11-8(7)4-5-9(10(11)14)13(15,16)17/h4-6,18H,1-3H3. The number of rotatable bonds is 0. The Balaban J connectivity index is 2.65. The molecule has 0 saturated heterocycles. The van der Waals surface area contributed by atoms with Crippen LogP contribution in [0.25, 0.3) is 5.57 Å². The van der Waals surface area contributed by atoms with Gasteiger partial charge >= 0.3 is 6.18 Å². The summed E-state index contributed by atoms with van der Waals surface area (Å²) in [5.41, 5.74) is -0.641. The van der Waals surface area contributed by atoms with E-state index in [0.717, 1.165) is 11.6 Å². The highest BCUT2D eigenvalue weighted by Crippen LogP contribution is 2.40. The summed E-state index contributed by atoms with van der Waals surface area (Å²) >= 11 is 0. The Hall–Kier alpha value is -1.52. The average molecular weight is 259 g/mol. The molecule has 98 valence electrons. The molecule has 0 saturated carbocycles. The van der Waals surface area contributed by atoms with Gasteiger partial charge in [0.2, 0.25) is 0 Å². The van der Waals surface area contributed by atoms with E-state index in [9.17, 15) is 17.6 Å². The second-order valence-corrected chi connectivity index (χ2v) is 5.02. The minimum Gasteiger partial charge on any atom is -0.374 e. The topological polar surface area (TPSA) is 12.0 Å². The van der Waals surface area contributed by atoms with E-state index in [1.54, 1.807) is 20.8 Å². The van der Waals surface area contributed by atoms with Gasteiger partial charge in [-0.1, -0.05) is 12.1 Å². The summed E-state index contributed by atoms with van der Waals surface area (Å²) in [5, 5.41) is 2.80. The highest BCUT2D eigenvalue weighted by molar-refractivity contribution is 5.81. The molecule has 1 N–H and O–H groups in total.